The van der Waals surface area contributed by atoms with Gasteiger partial charge in [-0.2, -0.15) is 0 Å². The zero-order valence-electron chi connectivity index (χ0n) is 16.4. The molecule has 1 aliphatic heterocycles. The number of ether oxygens (including phenoxy) is 1. The molecule has 3 nitrogen and oxygen atoms in total. The first-order chi connectivity index (χ1) is 13.7. The molecule has 1 aliphatic rings. The van der Waals surface area contributed by atoms with E-state index in [1.807, 2.05) is 60.7 Å². The fraction of sp³-hybridized carbons (Fsp3) is 0.320. The van der Waals surface area contributed by atoms with Gasteiger partial charge < -0.3 is 9.64 Å². The molecule has 0 bridgehead atoms. The van der Waals surface area contributed by atoms with E-state index in [2.05, 4.69) is 24.0 Å². The zero-order valence-corrected chi connectivity index (χ0v) is 16.4. The summed E-state index contributed by atoms with van der Waals surface area (Å²) in [5, 5.41) is 2.13. The maximum absolute atomic E-state index is 13.6. The number of likely N-dealkylation sites (tertiary alicyclic amines) is 1. The molecule has 3 aromatic carbocycles. The maximum atomic E-state index is 13.6. The molecule has 0 spiro atoms. The topological polar surface area (TPSA) is 29.5 Å². The third-order valence-corrected chi connectivity index (χ3v) is 5.69. The van der Waals surface area contributed by atoms with Crippen molar-refractivity contribution in [3.8, 4) is 5.75 Å². The number of carbonyl (C=O) groups excluding carboxylic acids is 1. The molecule has 0 radical (unpaired) electrons. The summed E-state index contributed by atoms with van der Waals surface area (Å²) in [5.74, 6) is 0.976. The number of fused-ring (bicyclic) bond motifs is 1. The molecule has 1 saturated heterocycles. The van der Waals surface area contributed by atoms with Gasteiger partial charge in [-0.05, 0) is 48.7 Å². The number of rotatable bonds is 4. The van der Waals surface area contributed by atoms with Crippen molar-refractivity contribution in [2.24, 2.45) is 0 Å². The van der Waals surface area contributed by atoms with E-state index >= 15 is 0 Å². The molecule has 28 heavy (non-hydrogen) atoms. The molecular weight excluding hydrogens is 346 g/mol. The van der Waals surface area contributed by atoms with Gasteiger partial charge in [0.2, 0.25) is 0 Å². The second-order valence-corrected chi connectivity index (χ2v) is 7.58. The SMILES string of the molecule is CC(Oc1ccccc1)C1CCCCCN1C(=O)c1cccc2ccccc12. The van der Waals surface area contributed by atoms with Gasteiger partial charge in [-0.15, -0.1) is 0 Å². The van der Waals surface area contributed by atoms with Gasteiger partial charge in [-0.25, -0.2) is 0 Å². The quantitative estimate of drug-likeness (QED) is 0.588. The molecule has 144 valence electrons. The number of para-hydroxylation sites is 1. The first-order valence-electron chi connectivity index (χ1n) is 10.2. The fourth-order valence-electron chi connectivity index (χ4n) is 4.23. The van der Waals surface area contributed by atoms with Gasteiger partial charge in [-0.1, -0.05) is 67.4 Å². The summed E-state index contributed by atoms with van der Waals surface area (Å²) in [4.78, 5) is 15.7. The van der Waals surface area contributed by atoms with Crippen LogP contribution in [0.3, 0.4) is 0 Å². The second-order valence-electron chi connectivity index (χ2n) is 7.58. The van der Waals surface area contributed by atoms with Crippen LogP contribution in [0.5, 0.6) is 5.75 Å². The molecule has 0 N–H and O–H groups in total. The highest BCUT2D eigenvalue weighted by Gasteiger charge is 2.32. The van der Waals surface area contributed by atoms with Crippen molar-refractivity contribution in [3.63, 3.8) is 0 Å². The lowest BCUT2D eigenvalue weighted by atomic mass is 10.0. The molecule has 2 unspecified atom stereocenters. The van der Waals surface area contributed by atoms with E-state index in [0.717, 1.165) is 54.3 Å². The van der Waals surface area contributed by atoms with Crippen molar-refractivity contribution < 1.29 is 9.53 Å². The zero-order chi connectivity index (χ0) is 19.3. The third kappa shape index (κ3) is 3.89. The smallest absolute Gasteiger partial charge is 0.254 e. The Hall–Kier alpha value is -2.81. The van der Waals surface area contributed by atoms with Gasteiger partial charge >= 0.3 is 0 Å². The van der Waals surface area contributed by atoms with Crippen LogP contribution in [0, 0.1) is 0 Å². The van der Waals surface area contributed by atoms with Gasteiger partial charge in [0.05, 0.1) is 6.04 Å². The molecule has 0 saturated carbocycles. The van der Waals surface area contributed by atoms with E-state index < -0.39 is 0 Å². The summed E-state index contributed by atoms with van der Waals surface area (Å²) in [6.07, 6.45) is 4.26. The monoisotopic (exact) mass is 373 g/mol. The summed E-state index contributed by atoms with van der Waals surface area (Å²) >= 11 is 0. The highest BCUT2D eigenvalue weighted by Crippen LogP contribution is 2.27. The van der Waals surface area contributed by atoms with Crippen LogP contribution in [0.1, 0.15) is 43.0 Å². The average Bonchev–Trinajstić information content (AvgIpc) is 3.00. The maximum Gasteiger partial charge on any atom is 0.254 e. The molecule has 2 atom stereocenters. The van der Waals surface area contributed by atoms with Crippen molar-refractivity contribution >= 4 is 16.7 Å². The van der Waals surface area contributed by atoms with Gasteiger partial charge in [0, 0.05) is 12.1 Å². The van der Waals surface area contributed by atoms with Crippen LogP contribution in [0.25, 0.3) is 10.8 Å². The summed E-state index contributed by atoms with van der Waals surface area (Å²) in [7, 11) is 0. The predicted octanol–water partition coefficient (Wildman–Crippen LogP) is 5.69. The minimum atomic E-state index is -0.0561. The van der Waals surface area contributed by atoms with Crippen LogP contribution in [0.15, 0.2) is 72.8 Å². The predicted molar refractivity (Wildman–Crippen MR) is 114 cm³/mol. The van der Waals surface area contributed by atoms with Crippen LogP contribution in [0.2, 0.25) is 0 Å². The second kappa shape index (κ2) is 8.47. The number of benzene rings is 3. The Balaban J connectivity index is 1.63. The van der Waals surface area contributed by atoms with Crippen molar-refractivity contribution in [2.75, 3.05) is 6.54 Å². The molecule has 4 rings (SSSR count). The lowest BCUT2D eigenvalue weighted by Crippen LogP contribution is -2.47. The lowest BCUT2D eigenvalue weighted by molar-refractivity contribution is 0.0482. The van der Waals surface area contributed by atoms with Crippen molar-refractivity contribution in [3.05, 3.63) is 78.4 Å². The van der Waals surface area contributed by atoms with Crippen LogP contribution in [-0.4, -0.2) is 29.5 Å². The third-order valence-electron chi connectivity index (χ3n) is 5.69. The number of hydrogen-bond donors (Lipinski definition) is 0. The molecule has 1 heterocycles. The average molecular weight is 373 g/mol. The minimum Gasteiger partial charge on any atom is -0.489 e. The van der Waals surface area contributed by atoms with Crippen LogP contribution >= 0.6 is 0 Å². The van der Waals surface area contributed by atoms with E-state index in [1.54, 1.807) is 0 Å². The number of nitrogens with zero attached hydrogens (tertiary/aromatic N) is 1. The van der Waals surface area contributed by atoms with Crippen LogP contribution in [0.4, 0.5) is 0 Å². The molecule has 3 heteroatoms. The van der Waals surface area contributed by atoms with Crippen molar-refractivity contribution in [2.45, 2.75) is 44.8 Å². The van der Waals surface area contributed by atoms with Gasteiger partial charge in [-0.3, -0.25) is 4.79 Å². The molecular formula is C25H27NO2. The van der Waals surface area contributed by atoms with Gasteiger partial charge in [0.25, 0.3) is 5.91 Å². The molecule has 0 aliphatic carbocycles. The Morgan fingerprint density at radius 1 is 0.929 bits per heavy atom. The molecule has 3 aromatic rings. The van der Waals surface area contributed by atoms with E-state index in [1.165, 1.54) is 0 Å². The van der Waals surface area contributed by atoms with Crippen LogP contribution in [-0.2, 0) is 0 Å². The lowest BCUT2D eigenvalue weighted by Gasteiger charge is -2.34. The number of carbonyl (C=O) groups is 1. The minimum absolute atomic E-state index is 0.0561. The van der Waals surface area contributed by atoms with E-state index in [9.17, 15) is 4.79 Å². The van der Waals surface area contributed by atoms with Gasteiger partial charge in [0.1, 0.15) is 11.9 Å². The highest BCUT2D eigenvalue weighted by atomic mass is 16.5. The molecule has 0 aromatic heterocycles. The standard InChI is InChI=1S/C25H27NO2/c1-19(28-21-13-4-2-5-14-21)24-17-6-3-9-18-26(24)25(27)23-16-10-12-20-11-7-8-15-22(20)23/h2,4-5,7-8,10-16,19,24H,3,6,9,17-18H2,1H3. The van der Waals surface area contributed by atoms with Crippen molar-refractivity contribution in [1.82, 2.24) is 4.90 Å². The molecule has 1 fully saturated rings. The number of hydrogen-bond acceptors (Lipinski definition) is 2. The summed E-state index contributed by atoms with van der Waals surface area (Å²) in [6.45, 7) is 2.88. The Kier molecular flexibility index (Phi) is 5.61. The summed E-state index contributed by atoms with van der Waals surface area (Å²) < 4.78 is 6.22. The summed E-state index contributed by atoms with van der Waals surface area (Å²) in [6, 6.07) is 24.1. The number of amides is 1. The first-order valence-corrected chi connectivity index (χ1v) is 10.2. The van der Waals surface area contributed by atoms with E-state index in [-0.39, 0.29) is 18.1 Å². The Morgan fingerprint density at radius 2 is 1.68 bits per heavy atom. The fourth-order valence-corrected chi connectivity index (χ4v) is 4.23. The van der Waals surface area contributed by atoms with E-state index in [0.29, 0.717) is 0 Å². The Morgan fingerprint density at radius 3 is 2.54 bits per heavy atom. The first kappa shape index (κ1) is 18.5. The van der Waals surface area contributed by atoms with E-state index in [4.69, 9.17) is 4.74 Å². The largest absolute Gasteiger partial charge is 0.489 e. The Labute approximate surface area is 166 Å². The summed E-state index contributed by atoms with van der Waals surface area (Å²) in [5.41, 5.74) is 0.789. The van der Waals surface area contributed by atoms with Crippen LogP contribution < -0.4 is 4.74 Å². The van der Waals surface area contributed by atoms with Crippen molar-refractivity contribution in [1.29, 1.82) is 0 Å². The Bertz CT molecular complexity index is 932. The highest BCUT2D eigenvalue weighted by molar-refractivity contribution is 6.07. The normalized spacial score (nSPS) is 18.5. The molecule has 1 amide bonds. The van der Waals surface area contributed by atoms with Gasteiger partial charge in [0.15, 0.2) is 0 Å².